The minimum Gasteiger partial charge on any atom is -0.393 e. The molecule has 0 aromatic heterocycles. The zero-order valence-electron chi connectivity index (χ0n) is 7.83. The van der Waals surface area contributed by atoms with Crippen LogP contribution in [-0.4, -0.2) is 23.2 Å². The molecule has 3 nitrogen and oxygen atoms in total. The average Bonchev–Trinajstić information content (AvgIpc) is 2.89. The summed E-state index contributed by atoms with van der Waals surface area (Å²) in [6.45, 7) is 0. The number of carbonyl (C=O) groups excluding carboxylic acids is 1. The lowest BCUT2D eigenvalue weighted by molar-refractivity contribution is -0.126. The van der Waals surface area contributed by atoms with E-state index in [9.17, 15) is 9.90 Å². The fourth-order valence-corrected chi connectivity index (χ4v) is 1.88. The number of amides is 1. The molecule has 1 amide bonds. The second-order valence-corrected chi connectivity index (χ2v) is 4.29. The van der Waals surface area contributed by atoms with Crippen molar-refractivity contribution in [2.75, 3.05) is 0 Å². The molecule has 2 rings (SSSR count). The summed E-state index contributed by atoms with van der Waals surface area (Å²) in [7, 11) is 0. The predicted molar refractivity (Wildman–Crippen MR) is 49.1 cm³/mol. The van der Waals surface area contributed by atoms with E-state index < -0.39 is 0 Å². The van der Waals surface area contributed by atoms with Crippen LogP contribution in [0.3, 0.4) is 0 Å². The van der Waals surface area contributed by atoms with Gasteiger partial charge in [0, 0.05) is 12.0 Å². The largest absolute Gasteiger partial charge is 0.393 e. The Hall–Kier alpha value is -0.570. The molecular weight excluding hydrogens is 166 g/mol. The van der Waals surface area contributed by atoms with Crippen molar-refractivity contribution < 1.29 is 9.90 Å². The van der Waals surface area contributed by atoms with Gasteiger partial charge in [-0.2, -0.15) is 0 Å². The molecule has 2 fully saturated rings. The Morgan fingerprint density at radius 3 is 2.23 bits per heavy atom. The highest BCUT2D eigenvalue weighted by atomic mass is 16.3. The van der Waals surface area contributed by atoms with Gasteiger partial charge in [0.15, 0.2) is 0 Å². The van der Waals surface area contributed by atoms with Crippen LogP contribution in [0.25, 0.3) is 0 Å². The Bertz CT molecular complexity index is 193. The van der Waals surface area contributed by atoms with Gasteiger partial charge in [-0.15, -0.1) is 0 Å². The van der Waals surface area contributed by atoms with Crippen LogP contribution in [0.4, 0.5) is 0 Å². The van der Waals surface area contributed by atoms with Crippen molar-refractivity contribution in [3.63, 3.8) is 0 Å². The summed E-state index contributed by atoms with van der Waals surface area (Å²) in [6, 6.07) is 0.472. The SMILES string of the molecule is O=C(NC1CC1)C1CCC(O)CC1. The third kappa shape index (κ3) is 2.44. The number of aliphatic hydroxyl groups excluding tert-OH is 1. The van der Waals surface area contributed by atoms with Gasteiger partial charge in [0.25, 0.3) is 0 Å². The van der Waals surface area contributed by atoms with Crippen LogP contribution in [0, 0.1) is 5.92 Å². The summed E-state index contributed by atoms with van der Waals surface area (Å²) in [5, 5.41) is 12.3. The van der Waals surface area contributed by atoms with E-state index >= 15 is 0 Å². The van der Waals surface area contributed by atoms with Gasteiger partial charge < -0.3 is 10.4 Å². The minimum atomic E-state index is -0.162. The van der Waals surface area contributed by atoms with Crippen molar-refractivity contribution in [2.24, 2.45) is 5.92 Å². The fraction of sp³-hybridized carbons (Fsp3) is 0.900. The van der Waals surface area contributed by atoms with E-state index in [1.807, 2.05) is 0 Å². The van der Waals surface area contributed by atoms with Crippen molar-refractivity contribution in [2.45, 2.75) is 50.7 Å². The van der Waals surface area contributed by atoms with Gasteiger partial charge in [0.05, 0.1) is 6.10 Å². The molecule has 0 radical (unpaired) electrons. The standard InChI is InChI=1S/C10H17NO2/c12-9-5-1-7(2-6-9)10(13)11-8-3-4-8/h7-9,12H,1-6H2,(H,11,13). The zero-order chi connectivity index (χ0) is 9.26. The van der Waals surface area contributed by atoms with E-state index in [1.165, 1.54) is 0 Å². The van der Waals surface area contributed by atoms with Crippen LogP contribution in [0.5, 0.6) is 0 Å². The lowest BCUT2D eigenvalue weighted by Gasteiger charge is -2.24. The first-order chi connectivity index (χ1) is 6.25. The maximum absolute atomic E-state index is 11.6. The Kier molecular flexibility index (Phi) is 2.54. The Balaban J connectivity index is 1.75. The Labute approximate surface area is 78.5 Å². The van der Waals surface area contributed by atoms with E-state index in [1.54, 1.807) is 0 Å². The molecular formula is C10H17NO2. The average molecular weight is 183 g/mol. The first kappa shape index (κ1) is 9.00. The Morgan fingerprint density at radius 2 is 1.69 bits per heavy atom. The van der Waals surface area contributed by atoms with E-state index in [0.717, 1.165) is 38.5 Å². The van der Waals surface area contributed by atoms with Gasteiger partial charge in [-0.1, -0.05) is 0 Å². The monoisotopic (exact) mass is 183 g/mol. The van der Waals surface area contributed by atoms with Crippen LogP contribution < -0.4 is 5.32 Å². The number of rotatable bonds is 2. The molecule has 0 atom stereocenters. The minimum absolute atomic E-state index is 0.162. The van der Waals surface area contributed by atoms with Crippen LogP contribution >= 0.6 is 0 Å². The molecule has 0 spiro atoms. The van der Waals surface area contributed by atoms with Crippen molar-refractivity contribution in [3.05, 3.63) is 0 Å². The van der Waals surface area contributed by atoms with Crippen molar-refractivity contribution in [1.29, 1.82) is 0 Å². The first-order valence-electron chi connectivity index (χ1n) is 5.24. The highest BCUT2D eigenvalue weighted by molar-refractivity contribution is 5.79. The first-order valence-corrected chi connectivity index (χ1v) is 5.24. The maximum Gasteiger partial charge on any atom is 0.223 e. The molecule has 3 heteroatoms. The van der Waals surface area contributed by atoms with E-state index in [-0.39, 0.29) is 17.9 Å². The summed E-state index contributed by atoms with van der Waals surface area (Å²) in [6.07, 6.45) is 5.46. The van der Waals surface area contributed by atoms with Crippen LogP contribution in [0.2, 0.25) is 0 Å². The molecule has 13 heavy (non-hydrogen) atoms. The van der Waals surface area contributed by atoms with Gasteiger partial charge in [-0.25, -0.2) is 0 Å². The lowest BCUT2D eigenvalue weighted by Crippen LogP contribution is -2.35. The van der Waals surface area contributed by atoms with Crippen molar-refractivity contribution >= 4 is 5.91 Å². The van der Waals surface area contributed by atoms with Gasteiger partial charge in [0.2, 0.25) is 5.91 Å². The predicted octanol–water partition coefficient (Wildman–Crippen LogP) is 0.816. The molecule has 74 valence electrons. The topological polar surface area (TPSA) is 49.3 Å². The summed E-state index contributed by atoms with van der Waals surface area (Å²) in [5.74, 6) is 0.387. The number of hydrogen-bond acceptors (Lipinski definition) is 2. The normalized spacial score (nSPS) is 34.2. The molecule has 2 aliphatic carbocycles. The second kappa shape index (κ2) is 3.66. The number of hydrogen-bond donors (Lipinski definition) is 2. The molecule has 0 heterocycles. The van der Waals surface area contributed by atoms with E-state index in [0.29, 0.717) is 6.04 Å². The molecule has 2 aliphatic rings. The summed E-state index contributed by atoms with van der Waals surface area (Å²) >= 11 is 0. The third-order valence-corrected chi connectivity index (χ3v) is 2.99. The van der Waals surface area contributed by atoms with Crippen LogP contribution in [0.1, 0.15) is 38.5 Å². The summed E-state index contributed by atoms with van der Waals surface area (Å²) in [5.41, 5.74) is 0. The smallest absolute Gasteiger partial charge is 0.223 e. The summed E-state index contributed by atoms with van der Waals surface area (Å²) in [4.78, 5) is 11.6. The van der Waals surface area contributed by atoms with Gasteiger partial charge in [-0.05, 0) is 38.5 Å². The second-order valence-electron chi connectivity index (χ2n) is 4.29. The van der Waals surface area contributed by atoms with Crippen molar-refractivity contribution in [3.8, 4) is 0 Å². The molecule has 2 saturated carbocycles. The van der Waals surface area contributed by atoms with Crippen molar-refractivity contribution in [1.82, 2.24) is 5.32 Å². The van der Waals surface area contributed by atoms with Crippen LogP contribution in [0.15, 0.2) is 0 Å². The lowest BCUT2D eigenvalue weighted by atomic mass is 9.87. The van der Waals surface area contributed by atoms with Gasteiger partial charge in [-0.3, -0.25) is 4.79 Å². The van der Waals surface area contributed by atoms with E-state index in [2.05, 4.69) is 5.32 Å². The molecule has 0 aromatic carbocycles. The summed E-state index contributed by atoms with van der Waals surface area (Å²) < 4.78 is 0. The quantitative estimate of drug-likeness (QED) is 0.665. The molecule has 0 bridgehead atoms. The third-order valence-electron chi connectivity index (χ3n) is 2.99. The zero-order valence-corrected chi connectivity index (χ0v) is 7.83. The highest BCUT2D eigenvalue weighted by Gasteiger charge is 2.29. The maximum atomic E-state index is 11.6. The number of nitrogens with one attached hydrogen (secondary N) is 1. The molecule has 0 aliphatic heterocycles. The van der Waals surface area contributed by atoms with E-state index in [4.69, 9.17) is 0 Å². The molecule has 0 saturated heterocycles. The Morgan fingerprint density at radius 1 is 1.08 bits per heavy atom. The van der Waals surface area contributed by atoms with Gasteiger partial charge >= 0.3 is 0 Å². The molecule has 0 aromatic rings. The molecule has 0 unspecified atom stereocenters. The fourth-order valence-electron chi connectivity index (χ4n) is 1.88. The highest BCUT2D eigenvalue weighted by Crippen LogP contribution is 2.26. The van der Waals surface area contributed by atoms with Gasteiger partial charge in [0.1, 0.15) is 0 Å². The number of carbonyl (C=O) groups is 1. The number of aliphatic hydroxyl groups is 1. The molecule has 2 N–H and O–H groups in total. The van der Waals surface area contributed by atoms with Crippen LogP contribution in [-0.2, 0) is 4.79 Å².